The zero-order valence-corrected chi connectivity index (χ0v) is 17.8. The van der Waals surface area contributed by atoms with Gasteiger partial charge in [0.15, 0.2) is 0 Å². The van der Waals surface area contributed by atoms with Crippen LogP contribution in [-0.4, -0.2) is 24.5 Å². The number of halogens is 3. The second kappa shape index (κ2) is 10.4. The number of ether oxygens (including phenoxy) is 1. The van der Waals surface area contributed by atoms with Crippen molar-refractivity contribution in [2.75, 3.05) is 17.6 Å². The first-order valence-electron chi connectivity index (χ1n) is 10.4. The standard InChI is InChI=1S/C24H25F3N4O2/c25-24(26,27)33-18-8-4-7-16(13-18)22(30)20-14-17(9-10-21(20)29)31-23(32)19(11-12-28)15-5-2-1-3-6-15/h2,4-10,13-14,19,30H,1,3,11-12,28-29H2,(H,31,32). The van der Waals surface area contributed by atoms with Crippen LogP contribution in [0.4, 0.5) is 24.5 Å². The molecule has 1 aliphatic carbocycles. The number of hydrogen-bond acceptors (Lipinski definition) is 5. The molecule has 2 aromatic rings. The highest BCUT2D eigenvalue weighted by molar-refractivity contribution is 6.14. The van der Waals surface area contributed by atoms with Crippen LogP contribution < -0.4 is 21.5 Å². The Morgan fingerprint density at radius 3 is 2.64 bits per heavy atom. The Hall–Kier alpha value is -3.59. The van der Waals surface area contributed by atoms with Gasteiger partial charge in [0.05, 0.1) is 11.6 Å². The molecule has 0 heterocycles. The van der Waals surface area contributed by atoms with E-state index in [2.05, 4.69) is 10.1 Å². The summed E-state index contributed by atoms with van der Waals surface area (Å²) in [5.41, 5.74) is 13.7. The summed E-state index contributed by atoms with van der Waals surface area (Å²) in [5.74, 6) is -1.09. The van der Waals surface area contributed by atoms with E-state index in [9.17, 15) is 18.0 Å². The second-order valence-corrected chi connectivity index (χ2v) is 7.56. The van der Waals surface area contributed by atoms with Crippen molar-refractivity contribution >= 4 is 23.0 Å². The molecule has 174 valence electrons. The van der Waals surface area contributed by atoms with E-state index in [-0.39, 0.29) is 28.4 Å². The minimum Gasteiger partial charge on any atom is -0.406 e. The first-order valence-corrected chi connectivity index (χ1v) is 10.4. The largest absolute Gasteiger partial charge is 0.573 e. The van der Waals surface area contributed by atoms with Crippen LogP contribution in [0.5, 0.6) is 5.75 Å². The zero-order valence-electron chi connectivity index (χ0n) is 17.8. The Morgan fingerprint density at radius 1 is 1.18 bits per heavy atom. The van der Waals surface area contributed by atoms with Crippen molar-refractivity contribution < 1.29 is 22.7 Å². The number of nitrogen functional groups attached to an aromatic ring is 1. The van der Waals surface area contributed by atoms with Crippen LogP contribution in [0.3, 0.4) is 0 Å². The van der Waals surface area contributed by atoms with Gasteiger partial charge < -0.3 is 21.5 Å². The van der Waals surface area contributed by atoms with Gasteiger partial charge in [-0.2, -0.15) is 0 Å². The highest BCUT2D eigenvalue weighted by Crippen LogP contribution is 2.28. The molecule has 1 amide bonds. The van der Waals surface area contributed by atoms with E-state index in [1.54, 1.807) is 6.07 Å². The predicted molar refractivity (Wildman–Crippen MR) is 122 cm³/mol. The number of nitrogens with one attached hydrogen (secondary N) is 2. The maximum absolute atomic E-state index is 13.0. The van der Waals surface area contributed by atoms with Gasteiger partial charge in [-0.25, -0.2) is 0 Å². The number of hydrogen-bond donors (Lipinski definition) is 4. The van der Waals surface area contributed by atoms with Crippen molar-refractivity contribution in [2.24, 2.45) is 11.7 Å². The van der Waals surface area contributed by atoms with E-state index in [1.165, 1.54) is 24.3 Å². The molecule has 0 fully saturated rings. The molecular weight excluding hydrogens is 433 g/mol. The normalized spacial score (nSPS) is 14.4. The molecule has 0 saturated heterocycles. The third-order valence-corrected chi connectivity index (χ3v) is 5.14. The average Bonchev–Trinajstić information content (AvgIpc) is 2.78. The molecule has 0 saturated carbocycles. The molecule has 1 aliphatic rings. The number of carbonyl (C=O) groups excluding carboxylic acids is 1. The highest BCUT2D eigenvalue weighted by atomic mass is 19.4. The molecule has 3 rings (SSSR count). The number of alkyl halides is 3. The Bertz CT molecular complexity index is 1090. The van der Waals surface area contributed by atoms with Gasteiger partial charge in [0.2, 0.25) is 5.91 Å². The number of amides is 1. The first kappa shape index (κ1) is 24.1. The topological polar surface area (TPSA) is 114 Å². The molecule has 1 atom stereocenters. The summed E-state index contributed by atoms with van der Waals surface area (Å²) in [7, 11) is 0. The number of nitrogens with two attached hydrogens (primary N) is 2. The second-order valence-electron chi connectivity index (χ2n) is 7.56. The lowest BCUT2D eigenvalue weighted by atomic mass is 9.90. The molecule has 9 heteroatoms. The summed E-state index contributed by atoms with van der Waals surface area (Å²) >= 11 is 0. The van der Waals surface area contributed by atoms with Crippen molar-refractivity contribution in [3.8, 4) is 5.75 Å². The smallest absolute Gasteiger partial charge is 0.406 e. The van der Waals surface area contributed by atoms with Crippen molar-refractivity contribution in [2.45, 2.75) is 25.6 Å². The van der Waals surface area contributed by atoms with Crippen LogP contribution in [0, 0.1) is 11.3 Å². The third-order valence-electron chi connectivity index (χ3n) is 5.14. The lowest BCUT2D eigenvalue weighted by Crippen LogP contribution is -2.27. The quantitative estimate of drug-likeness (QED) is 0.337. The van der Waals surface area contributed by atoms with Crippen molar-refractivity contribution in [3.05, 3.63) is 77.4 Å². The lowest BCUT2D eigenvalue weighted by molar-refractivity contribution is -0.274. The van der Waals surface area contributed by atoms with Crippen LogP contribution in [0.25, 0.3) is 0 Å². The summed E-state index contributed by atoms with van der Waals surface area (Å²) < 4.78 is 41.6. The molecule has 6 nitrogen and oxygen atoms in total. The number of allylic oxidation sites excluding steroid dienone is 3. The van der Waals surface area contributed by atoms with Gasteiger partial charge in [-0.1, -0.05) is 30.4 Å². The maximum Gasteiger partial charge on any atom is 0.573 e. The van der Waals surface area contributed by atoms with Gasteiger partial charge in [0.1, 0.15) is 5.75 Å². The van der Waals surface area contributed by atoms with Crippen LogP contribution in [0.2, 0.25) is 0 Å². The Kier molecular flexibility index (Phi) is 7.55. The molecule has 0 bridgehead atoms. The number of carbonyl (C=O) groups is 1. The minimum atomic E-state index is -4.84. The van der Waals surface area contributed by atoms with Crippen molar-refractivity contribution in [1.82, 2.24) is 0 Å². The van der Waals surface area contributed by atoms with E-state index in [0.29, 0.717) is 18.7 Å². The van der Waals surface area contributed by atoms with E-state index in [1.807, 2.05) is 18.2 Å². The molecule has 0 radical (unpaired) electrons. The van der Waals surface area contributed by atoms with Gasteiger partial charge in [0.25, 0.3) is 0 Å². The highest BCUT2D eigenvalue weighted by Gasteiger charge is 2.31. The van der Waals surface area contributed by atoms with E-state index >= 15 is 0 Å². The number of rotatable bonds is 8. The Morgan fingerprint density at radius 2 is 1.97 bits per heavy atom. The summed E-state index contributed by atoms with van der Waals surface area (Å²) in [6, 6.07) is 9.77. The lowest BCUT2D eigenvalue weighted by Gasteiger charge is -2.20. The fraction of sp³-hybridized carbons (Fsp3) is 0.250. The molecule has 1 unspecified atom stereocenters. The molecule has 0 aromatic heterocycles. The van der Waals surface area contributed by atoms with Crippen LogP contribution in [0.1, 0.15) is 30.4 Å². The third kappa shape index (κ3) is 6.45. The molecule has 2 aromatic carbocycles. The SMILES string of the molecule is N=C(c1cccc(OC(F)(F)F)c1)c1cc(NC(=O)C(CCN)C2=CCCC=C2)ccc1N. The summed E-state index contributed by atoms with van der Waals surface area (Å²) in [6.45, 7) is 0.344. The molecular formula is C24H25F3N4O2. The summed E-state index contributed by atoms with van der Waals surface area (Å²) in [4.78, 5) is 13.0. The van der Waals surface area contributed by atoms with Gasteiger partial charge in [-0.3, -0.25) is 10.2 Å². The van der Waals surface area contributed by atoms with Crippen LogP contribution in [-0.2, 0) is 4.79 Å². The summed E-state index contributed by atoms with van der Waals surface area (Å²) in [5, 5.41) is 11.3. The minimum absolute atomic E-state index is 0.104. The Balaban J connectivity index is 1.82. The first-order chi connectivity index (χ1) is 15.7. The fourth-order valence-corrected chi connectivity index (χ4v) is 3.59. The fourth-order valence-electron chi connectivity index (χ4n) is 3.59. The number of anilines is 2. The van der Waals surface area contributed by atoms with Gasteiger partial charge in [0, 0.05) is 22.5 Å². The van der Waals surface area contributed by atoms with Crippen molar-refractivity contribution in [1.29, 1.82) is 5.41 Å². The van der Waals surface area contributed by atoms with Crippen molar-refractivity contribution in [3.63, 3.8) is 0 Å². The maximum atomic E-state index is 13.0. The van der Waals surface area contributed by atoms with E-state index in [0.717, 1.165) is 30.5 Å². The van der Waals surface area contributed by atoms with Crippen LogP contribution >= 0.6 is 0 Å². The monoisotopic (exact) mass is 458 g/mol. The van der Waals surface area contributed by atoms with Gasteiger partial charge in [-0.15, -0.1) is 13.2 Å². The van der Waals surface area contributed by atoms with Gasteiger partial charge >= 0.3 is 6.36 Å². The molecule has 33 heavy (non-hydrogen) atoms. The van der Waals surface area contributed by atoms with E-state index < -0.39 is 18.0 Å². The zero-order chi connectivity index (χ0) is 24.0. The van der Waals surface area contributed by atoms with Gasteiger partial charge in [-0.05, 0) is 61.7 Å². The average molecular weight is 458 g/mol. The predicted octanol–water partition coefficient (Wildman–Crippen LogP) is 4.76. The number of benzene rings is 2. The van der Waals surface area contributed by atoms with Crippen LogP contribution in [0.15, 0.2) is 66.3 Å². The van der Waals surface area contributed by atoms with E-state index in [4.69, 9.17) is 16.9 Å². The Labute approximate surface area is 189 Å². The molecule has 0 aliphatic heterocycles. The molecule has 0 spiro atoms. The molecule has 6 N–H and O–H groups in total. The summed E-state index contributed by atoms with van der Waals surface area (Å²) in [6.07, 6.45) is 3.41.